The van der Waals surface area contributed by atoms with Crippen LogP contribution in [0.15, 0.2) is 18.2 Å². The molecule has 1 aromatic carbocycles. The van der Waals surface area contributed by atoms with Crippen LogP contribution in [0, 0.1) is 11.7 Å². The zero-order valence-electron chi connectivity index (χ0n) is 13.5. The van der Waals surface area contributed by atoms with E-state index >= 15 is 0 Å². The Morgan fingerprint density at radius 2 is 1.96 bits per heavy atom. The molecule has 2 heterocycles. The maximum absolute atomic E-state index is 14.0. The van der Waals surface area contributed by atoms with Gasteiger partial charge in [0.2, 0.25) is 0 Å². The average molecular weight is 405 g/mol. The second kappa shape index (κ2) is 8.39. The molecule has 3 rings (SSSR count). The highest BCUT2D eigenvalue weighted by Gasteiger charge is 2.42. The highest BCUT2D eigenvalue weighted by molar-refractivity contribution is 5.85. The molecule has 1 aromatic rings. The molecule has 0 unspecified atom stereocenters. The molecule has 2 saturated heterocycles. The fraction of sp³-hybridized carbons (Fsp3) is 0.625. The SMILES string of the molecule is Cl.Cl.O[C@]12CCNC[C@H]1CN(Cc1ccc(C(F)(F)F)cc1F)CC2. The van der Waals surface area contributed by atoms with Gasteiger partial charge in [0.15, 0.2) is 0 Å². The van der Waals surface area contributed by atoms with Crippen molar-refractivity contribution >= 4 is 24.8 Å². The van der Waals surface area contributed by atoms with Crippen LogP contribution in [0.2, 0.25) is 0 Å². The molecule has 144 valence electrons. The third-order valence-electron chi connectivity index (χ3n) is 5.00. The van der Waals surface area contributed by atoms with Crippen molar-refractivity contribution in [1.29, 1.82) is 0 Å². The van der Waals surface area contributed by atoms with Crippen molar-refractivity contribution in [3.05, 3.63) is 35.1 Å². The van der Waals surface area contributed by atoms with Crippen molar-refractivity contribution in [1.82, 2.24) is 10.2 Å². The Labute approximate surface area is 156 Å². The molecule has 2 N–H and O–H groups in total. The first-order chi connectivity index (χ1) is 10.8. The summed E-state index contributed by atoms with van der Waals surface area (Å²) in [6, 6.07) is 2.68. The summed E-state index contributed by atoms with van der Waals surface area (Å²) in [5, 5.41) is 13.8. The van der Waals surface area contributed by atoms with Crippen LogP contribution >= 0.6 is 24.8 Å². The fourth-order valence-corrected chi connectivity index (χ4v) is 3.53. The van der Waals surface area contributed by atoms with E-state index in [-0.39, 0.29) is 42.8 Å². The number of nitrogens with one attached hydrogen (secondary N) is 1. The Hall–Kier alpha value is -0.600. The van der Waals surface area contributed by atoms with Gasteiger partial charge in [-0.1, -0.05) is 6.07 Å². The highest BCUT2D eigenvalue weighted by atomic mass is 35.5. The number of nitrogens with zero attached hydrogens (tertiary/aromatic N) is 1. The van der Waals surface area contributed by atoms with E-state index < -0.39 is 23.2 Å². The van der Waals surface area contributed by atoms with Gasteiger partial charge in [-0.25, -0.2) is 4.39 Å². The van der Waals surface area contributed by atoms with E-state index in [1.54, 1.807) is 0 Å². The summed E-state index contributed by atoms with van der Waals surface area (Å²) in [5.41, 5.74) is -1.38. The molecule has 3 nitrogen and oxygen atoms in total. The smallest absolute Gasteiger partial charge is 0.389 e. The number of aliphatic hydroxyl groups is 1. The number of likely N-dealkylation sites (tertiary alicyclic amines) is 1. The molecule has 0 saturated carbocycles. The summed E-state index contributed by atoms with van der Waals surface area (Å²) >= 11 is 0. The third kappa shape index (κ3) is 4.98. The molecule has 2 aliphatic heterocycles. The predicted octanol–water partition coefficient (Wildman–Crippen LogP) is 3.23. The number of fused-ring (bicyclic) bond motifs is 1. The minimum Gasteiger partial charge on any atom is -0.389 e. The van der Waals surface area contributed by atoms with Gasteiger partial charge in [0, 0.05) is 37.7 Å². The maximum Gasteiger partial charge on any atom is 0.416 e. The van der Waals surface area contributed by atoms with Crippen molar-refractivity contribution < 1.29 is 22.7 Å². The quantitative estimate of drug-likeness (QED) is 0.742. The average Bonchev–Trinajstić information content (AvgIpc) is 2.48. The molecule has 2 fully saturated rings. The highest BCUT2D eigenvalue weighted by Crippen LogP contribution is 2.34. The van der Waals surface area contributed by atoms with Crippen LogP contribution in [0.5, 0.6) is 0 Å². The lowest BCUT2D eigenvalue weighted by atomic mass is 9.76. The summed E-state index contributed by atoms with van der Waals surface area (Å²) in [6.07, 6.45) is -3.21. The summed E-state index contributed by atoms with van der Waals surface area (Å²) < 4.78 is 51.7. The first kappa shape index (κ1) is 22.4. The number of halogens is 6. The molecular weight excluding hydrogens is 383 g/mol. The van der Waals surface area contributed by atoms with Crippen molar-refractivity contribution in [2.75, 3.05) is 26.2 Å². The Balaban J connectivity index is 0.00000156. The number of alkyl halides is 3. The standard InChI is InChI=1S/C16H20F4N2O.2ClH/c17-14-7-12(16(18,19)20)2-1-11(14)9-22-6-4-15(23)3-5-21-8-13(15)10-22;;/h1-2,7,13,21,23H,3-6,8-10H2;2*1H/t13-,15-;;/m0../s1. The van der Waals surface area contributed by atoms with Gasteiger partial charge in [-0.2, -0.15) is 13.2 Å². The normalized spacial score (nSPS) is 27.0. The number of benzene rings is 1. The molecule has 0 bridgehead atoms. The summed E-state index contributed by atoms with van der Waals surface area (Å²) in [7, 11) is 0. The minimum atomic E-state index is -4.53. The first-order valence-corrected chi connectivity index (χ1v) is 7.79. The van der Waals surface area contributed by atoms with Crippen LogP contribution in [0.4, 0.5) is 17.6 Å². The van der Waals surface area contributed by atoms with E-state index in [4.69, 9.17) is 0 Å². The Morgan fingerprint density at radius 1 is 1.24 bits per heavy atom. The zero-order valence-corrected chi connectivity index (χ0v) is 15.1. The molecule has 0 aromatic heterocycles. The van der Waals surface area contributed by atoms with E-state index in [1.165, 1.54) is 6.07 Å². The zero-order chi connectivity index (χ0) is 16.7. The van der Waals surface area contributed by atoms with E-state index in [2.05, 4.69) is 5.32 Å². The number of rotatable bonds is 2. The van der Waals surface area contributed by atoms with Crippen molar-refractivity contribution in [2.24, 2.45) is 5.92 Å². The Kier molecular flexibility index (Phi) is 7.53. The van der Waals surface area contributed by atoms with E-state index in [9.17, 15) is 22.7 Å². The van der Waals surface area contributed by atoms with Crippen LogP contribution < -0.4 is 5.32 Å². The fourth-order valence-electron chi connectivity index (χ4n) is 3.53. The molecule has 0 radical (unpaired) electrons. The molecular formula is C16H22Cl2F4N2O. The van der Waals surface area contributed by atoms with Crippen LogP contribution in [0.3, 0.4) is 0 Å². The summed E-state index contributed by atoms with van der Waals surface area (Å²) in [6.45, 7) is 3.00. The lowest BCUT2D eigenvalue weighted by molar-refractivity contribution is -0.137. The van der Waals surface area contributed by atoms with Crippen LogP contribution in [0.25, 0.3) is 0 Å². The molecule has 0 amide bonds. The lowest BCUT2D eigenvalue weighted by Crippen LogP contribution is -2.58. The molecule has 2 atom stereocenters. The molecule has 25 heavy (non-hydrogen) atoms. The molecule has 2 aliphatic rings. The van der Waals surface area contributed by atoms with E-state index in [0.717, 1.165) is 12.6 Å². The number of hydrogen-bond donors (Lipinski definition) is 2. The maximum atomic E-state index is 14.0. The van der Waals surface area contributed by atoms with Gasteiger partial charge < -0.3 is 10.4 Å². The summed E-state index contributed by atoms with van der Waals surface area (Å²) in [5.74, 6) is -0.759. The monoisotopic (exact) mass is 404 g/mol. The van der Waals surface area contributed by atoms with Gasteiger partial charge in [-0.15, -0.1) is 24.8 Å². The van der Waals surface area contributed by atoms with Gasteiger partial charge in [0.25, 0.3) is 0 Å². The molecule has 0 spiro atoms. The largest absolute Gasteiger partial charge is 0.416 e. The Bertz CT molecular complexity index is 588. The van der Waals surface area contributed by atoms with Gasteiger partial charge in [0.05, 0.1) is 11.2 Å². The van der Waals surface area contributed by atoms with Crippen molar-refractivity contribution in [2.45, 2.75) is 31.2 Å². The van der Waals surface area contributed by atoms with Crippen molar-refractivity contribution in [3.63, 3.8) is 0 Å². The predicted molar refractivity (Wildman–Crippen MR) is 91.7 cm³/mol. The summed E-state index contributed by atoms with van der Waals surface area (Å²) in [4.78, 5) is 2.00. The second-order valence-electron chi connectivity index (χ2n) is 6.54. The lowest BCUT2D eigenvalue weighted by Gasteiger charge is -2.47. The molecule has 0 aliphatic carbocycles. The van der Waals surface area contributed by atoms with E-state index in [1.807, 2.05) is 4.90 Å². The van der Waals surface area contributed by atoms with Crippen molar-refractivity contribution in [3.8, 4) is 0 Å². The minimum absolute atomic E-state index is 0. The van der Waals surface area contributed by atoms with Crippen LogP contribution in [-0.4, -0.2) is 41.8 Å². The van der Waals surface area contributed by atoms with Gasteiger partial charge >= 0.3 is 6.18 Å². The van der Waals surface area contributed by atoms with Crippen LogP contribution in [-0.2, 0) is 12.7 Å². The first-order valence-electron chi connectivity index (χ1n) is 7.79. The third-order valence-corrected chi connectivity index (χ3v) is 5.00. The van der Waals surface area contributed by atoms with Gasteiger partial charge in [-0.05, 0) is 31.5 Å². The van der Waals surface area contributed by atoms with Gasteiger partial charge in [0.1, 0.15) is 5.82 Å². The van der Waals surface area contributed by atoms with E-state index in [0.29, 0.717) is 38.5 Å². The topological polar surface area (TPSA) is 35.5 Å². The number of piperidine rings is 2. The number of hydrogen-bond acceptors (Lipinski definition) is 3. The van der Waals surface area contributed by atoms with Crippen LogP contribution in [0.1, 0.15) is 24.0 Å². The second-order valence-corrected chi connectivity index (χ2v) is 6.54. The van der Waals surface area contributed by atoms with Gasteiger partial charge in [-0.3, -0.25) is 4.90 Å². The molecule has 9 heteroatoms. The Morgan fingerprint density at radius 3 is 2.60 bits per heavy atom.